The molecule has 2 aliphatic heterocycles. The first kappa shape index (κ1) is 16.2. The molecule has 128 valence electrons. The molecule has 5 heteroatoms. The number of fused-ring (bicyclic) bond motifs is 1. The zero-order chi connectivity index (χ0) is 16.2. The number of morpholine rings is 1. The Hall–Kier alpha value is -1.27. The smallest absolute Gasteiger partial charge is 0.0743 e. The third-order valence-corrected chi connectivity index (χ3v) is 6.01. The number of pyridine rings is 1. The monoisotopic (exact) mass is 343 g/mol. The predicted molar refractivity (Wildman–Crippen MR) is 97.0 cm³/mol. The van der Waals surface area contributed by atoms with Gasteiger partial charge < -0.3 is 4.74 Å². The Labute approximate surface area is 148 Å². The normalized spacial score (nSPS) is 26.0. The minimum atomic E-state index is 0.378. The summed E-state index contributed by atoms with van der Waals surface area (Å²) >= 11 is 1.86. The molecule has 2 aromatic heterocycles. The number of rotatable bonds is 4. The highest BCUT2D eigenvalue weighted by Crippen LogP contribution is 2.26. The molecule has 0 aromatic carbocycles. The third-order valence-electron chi connectivity index (χ3n) is 5.15. The van der Waals surface area contributed by atoms with Crippen LogP contribution in [0.4, 0.5) is 0 Å². The second-order valence-electron chi connectivity index (χ2n) is 6.74. The van der Waals surface area contributed by atoms with E-state index in [0.29, 0.717) is 12.1 Å². The van der Waals surface area contributed by atoms with Crippen LogP contribution >= 0.6 is 11.3 Å². The van der Waals surface area contributed by atoms with Crippen molar-refractivity contribution < 1.29 is 4.74 Å². The lowest BCUT2D eigenvalue weighted by Crippen LogP contribution is -2.50. The predicted octanol–water partition coefficient (Wildman–Crippen LogP) is 3.01. The van der Waals surface area contributed by atoms with Crippen molar-refractivity contribution in [3.63, 3.8) is 0 Å². The fraction of sp³-hybridized carbons (Fsp3) is 0.526. The lowest BCUT2D eigenvalue weighted by atomic mass is 10.0. The summed E-state index contributed by atoms with van der Waals surface area (Å²) in [6.07, 6.45) is 6.55. The van der Waals surface area contributed by atoms with Crippen molar-refractivity contribution in [2.24, 2.45) is 0 Å². The minimum absolute atomic E-state index is 0.378. The fourth-order valence-electron chi connectivity index (χ4n) is 3.92. The molecule has 2 aromatic rings. The summed E-state index contributed by atoms with van der Waals surface area (Å²) in [5, 5.41) is 2.17. The molecule has 4 heterocycles. The van der Waals surface area contributed by atoms with Gasteiger partial charge in [-0.15, -0.1) is 11.3 Å². The number of nitrogens with zero attached hydrogens (tertiary/aromatic N) is 3. The summed E-state index contributed by atoms with van der Waals surface area (Å²) < 4.78 is 6.13. The van der Waals surface area contributed by atoms with E-state index in [-0.39, 0.29) is 0 Å². The van der Waals surface area contributed by atoms with Gasteiger partial charge in [0.1, 0.15) is 0 Å². The first-order valence-corrected chi connectivity index (χ1v) is 9.76. The van der Waals surface area contributed by atoms with E-state index < -0.39 is 0 Å². The third kappa shape index (κ3) is 3.86. The van der Waals surface area contributed by atoms with Crippen LogP contribution in [-0.2, 0) is 17.8 Å². The van der Waals surface area contributed by atoms with E-state index in [1.54, 1.807) is 0 Å². The van der Waals surface area contributed by atoms with Gasteiger partial charge in [0.15, 0.2) is 0 Å². The maximum atomic E-state index is 6.13. The van der Waals surface area contributed by atoms with Crippen LogP contribution in [0.15, 0.2) is 42.0 Å². The van der Waals surface area contributed by atoms with Crippen molar-refractivity contribution in [2.45, 2.75) is 38.1 Å². The standard InChI is InChI=1S/C19H25N3OS/c1-3-16(13-20-7-1)14-22-10-11-23-19-6-9-21(8-5-18(19)22)15-17-4-2-12-24-17/h1-4,7,12-13,18-19H,5-6,8-11,14-15H2. The molecule has 0 radical (unpaired) electrons. The minimum Gasteiger partial charge on any atom is -0.375 e. The SMILES string of the molecule is c1cncc(CN2CCOC3CCN(Cc4cccs4)CCC32)c1. The van der Waals surface area contributed by atoms with Crippen LogP contribution in [0, 0.1) is 0 Å². The molecular weight excluding hydrogens is 318 g/mol. The summed E-state index contributed by atoms with van der Waals surface area (Å²) in [7, 11) is 0. The molecule has 2 saturated heterocycles. The number of ether oxygens (including phenoxy) is 1. The number of hydrogen-bond acceptors (Lipinski definition) is 5. The largest absolute Gasteiger partial charge is 0.375 e. The van der Waals surface area contributed by atoms with Crippen molar-refractivity contribution in [3.8, 4) is 0 Å². The molecule has 24 heavy (non-hydrogen) atoms. The van der Waals surface area contributed by atoms with Gasteiger partial charge in [-0.05, 0) is 35.9 Å². The molecule has 0 bridgehead atoms. The van der Waals surface area contributed by atoms with Crippen LogP contribution in [0.2, 0.25) is 0 Å². The number of hydrogen-bond donors (Lipinski definition) is 0. The summed E-state index contributed by atoms with van der Waals surface area (Å²) in [5.74, 6) is 0. The van der Waals surface area contributed by atoms with Gasteiger partial charge in [0.2, 0.25) is 0 Å². The Morgan fingerprint density at radius 3 is 2.92 bits per heavy atom. The number of aromatic nitrogens is 1. The van der Waals surface area contributed by atoms with E-state index in [4.69, 9.17) is 4.74 Å². The maximum absolute atomic E-state index is 6.13. The number of likely N-dealkylation sites (tertiary alicyclic amines) is 1. The van der Waals surface area contributed by atoms with Crippen molar-refractivity contribution in [1.29, 1.82) is 0 Å². The van der Waals surface area contributed by atoms with Crippen LogP contribution in [0.1, 0.15) is 23.3 Å². The molecule has 4 nitrogen and oxygen atoms in total. The highest BCUT2D eigenvalue weighted by Gasteiger charge is 2.34. The second kappa shape index (κ2) is 7.74. The molecule has 2 atom stereocenters. The molecule has 0 amide bonds. The van der Waals surface area contributed by atoms with Crippen molar-refractivity contribution in [3.05, 3.63) is 52.5 Å². The Morgan fingerprint density at radius 2 is 2.08 bits per heavy atom. The Bertz CT molecular complexity index is 619. The fourth-order valence-corrected chi connectivity index (χ4v) is 4.66. The quantitative estimate of drug-likeness (QED) is 0.853. The van der Waals surface area contributed by atoms with E-state index in [1.807, 2.05) is 29.8 Å². The van der Waals surface area contributed by atoms with E-state index in [0.717, 1.165) is 45.8 Å². The molecular formula is C19H25N3OS. The van der Waals surface area contributed by atoms with Gasteiger partial charge in [0, 0.05) is 56.0 Å². The zero-order valence-corrected chi connectivity index (χ0v) is 14.8. The summed E-state index contributed by atoms with van der Waals surface area (Å²) in [6, 6.07) is 9.14. The molecule has 2 unspecified atom stereocenters. The van der Waals surface area contributed by atoms with Gasteiger partial charge in [-0.25, -0.2) is 0 Å². The van der Waals surface area contributed by atoms with E-state index >= 15 is 0 Å². The summed E-state index contributed by atoms with van der Waals surface area (Å²) in [4.78, 5) is 10.9. The highest BCUT2D eigenvalue weighted by molar-refractivity contribution is 7.09. The van der Waals surface area contributed by atoms with Gasteiger partial charge in [-0.3, -0.25) is 14.8 Å². The van der Waals surface area contributed by atoms with E-state index in [1.165, 1.54) is 16.9 Å². The molecule has 0 saturated carbocycles. The average molecular weight is 343 g/mol. The Balaban J connectivity index is 1.40. The Morgan fingerprint density at radius 1 is 1.12 bits per heavy atom. The lowest BCUT2D eigenvalue weighted by Gasteiger charge is -2.40. The molecule has 4 rings (SSSR count). The topological polar surface area (TPSA) is 28.6 Å². The average Bonchev–Trinajstić information content (AvgIpc) is 3.03. The first-order valence-electron chi connectivity index (χ1n) is 8.88. The molecule has 0 spiro atoms. The summed E-state index contributed by atoms with van der Waals surface area (Å²) in [5.41, 5.74) is 1.30. The van der Waals surface area contributed by atoms with Crippen LogP contribution in [0.25, 0.3) is 0 Å². The van der Waals surface area contributed by atoms with Gasteiger partial charge in [-0.1, -0.05) is 12.1 Å². The molecule has 0 N–H and O–H groups in total. The molecule has 2 aliphatic rings. The molecule has 2 fully saturated rings. The van der Waals surface area contributed by atoms with E-state index in [9.17, 15) is 0 Å². The number of thiophene rings is 1. The van der Waals surface area contributed by atoms with Gasteiger partial charge in [0.25, 0.3) is 0 Å². The van der Waals surface area contributed by atoms with Crippen LogP contribution in [-0.4, -0.2) is 53.2 Å². The van der Waals surface area contributed by atoms with Crippen LogP contribution < -0.4 is 0 Å². The van der Waals surface area contributed by atoms with Gasteiger partial charge in [-0.2, -0.15) is 0 Å². The molecule has 0 aliphatic carbocycles. The Kier molecular flexibility index (Phi) is 5.23. The van der Waals surface area contributed by atoms with Crippen molar-refractivity contribution in [2.75, 3.05) is 26.2 Å². The van der Waals surface area contributed by atoms with Crippen LogP contribution in [0.3, 0.4) is 0 Å². The van der Waals surface area contributed by atoms with Gasteiger partial charge in [0.05, 0.1) is 12.7 Å². The van der Waals surface area contributed by atoms with Gasteiger partial charge >= 0.3 is 0 Å². The lowest BCUT2D eigenvalue weighted by molar-refractivity contribution is -0.0747. The van der Waals surface area contributed by atoms with Crippen molar-refractivity contribution >= 4 is 11.3 Å². The summed E-state index contributed by atoms with van der Waals surface area (Å²) in [6.45, 7) is 6.25. The first-order chi connectivity index (χ1) is 11.9. The maximum Gasteiger partial charge on any atom is 0.0743 e. The van der Waals surface area contributed by atoms with Crippen LogP contribution in [0.5, 0.6) is 0 Å². The van der Waals surface area contributed by atoms with E-state index in [2.05, 4.69) is 38.4 Å². The zero-order valence-electron chi connectivity index (χ0n) is 14.0. The van der Waals surface area contributed by atoms with Crippen molar-refractivity contribution in [1.82, 2.24) is 14.8 Å². The highest BCUT2D eigenvalue weighted by atomic mass is 32.1. The second-order valence-corrected chi connectivity index (χ2v) is 7.77.